The summed E-state index contributed by atoms with van der Waals surface area (Å²) in [7, 11) is 0. The molecular weight excluding hydrogens is 771 g/mol. The van der Waals surface area contributed by atoms with E-state index in [9.17, 15) is 0 Å². The Hall–Kier alpha value is -6.79. The fourth-order valence-electron chi connectivity index (χ4n) is 8.62. The second-order valence-electron chi connectivity index (χ2n) is 20.0. The minimum absolute atomic E-state index is 0.0475. The zero-order chi connectivity index (χ0) is 44.3. The second kappa shape index (κ2) is 15.5. The molecule has 3 heterocycles. The highest BCUT2D eigenvalue weighted by Crippen LogP contribution is 2.38. The minimum Gasteiger partial charge on any atom is -0.458 e. The van der Waals surface area contributed by atoms with Crippen LogP contribution in [0.3, 0.4) is 0 Å². The van der Waals surface area contributed by atoms with Crippen LogP contribution in [0.25, 0.3) is 39.0 Å². The molecule has 0 atom stereocenters. The number of rotatable bonds is 9. The van der Waals surface area contributed by atoms with Crippen molar-refractivity contribution < 1.29 is 9.42 Å². The molecule has 9 rings (SSSR count). The Balaban J connectivity index is 1.14. The third-order valence-electron chi connectivity index (χ3n) is 12.7. The van der Waals surface area contributed by atoms with E-state index >= 15 is 0 Å². The molecule has 0 N–H and O–H groups in total. The van der Waals surface area contributed by atoms with Crippen LogP contribution in [0, 0.1) is 6.33 Å². The van der Waals surface area contributed by atoms with Gasteiger partial charge in [-0.25, -0.2) is 4.98 Å². The van der Waals surface area contributed by atoms with Crippen LogP contribution in [-0.2, 0) is 21.7 Å². The molecule has 6 heteroatoms. The summed E-state index contributed by atoms with van der Waals surface area (Å²) < 4.78 is 13.1. The Morgan fingerprint density at radius 3 is 1.76 bits per heavy atom. The molecule has 0 aliphatic heterocycles. The summed E-state index contributed by atoms with van der Waals surface area (Å²) in [5, 5.41) is 7.67. The molecule has 3 aromatic heterocycles. The molecular formula is C57H57N5O. The molecule has 0 saturated heterocycles. The third-order valence-corrected chi connectivity index (χ3v) is 12.7. The number of ether oxygens (including phenoxy) is 1. The van der Waals surface area contributed by atoms with Gasteiger partial charge in [0.15, 0.2) is 5.82 Å². The van der Waals surface area contributed by atoms with Crippen LogP contribution in [0.1, 0.15) is 103 Å². The highest BCUT2D eigenvalue weighted by atomic mass is 16.5. The predicted molar refractivity (Wildman–Crippen MR) is 257 cm³/mol. The smallest absolute Gasteiger partial charge is 0.273 e. The first-order valence-electron chi connectivity index (χ1n) is 22.0. The molecule has 0 bridgehead atoms. The lowest BCUT2D eigenvalue weighted by atomic mass is 9.78. The molecule has 0 fully saturated rings. The van der Waals surface area contributed by atoms with E-state index in [1.807, 2.05) is 23.0 Å². The van der Waals surface area contributed by atoms with Crippen LogP contribution in [-0.4, -0.2) is 19.2 Å². The highest BCUT2D eigenvalue weighted by molar-refractivity contribution is 6.09. The first-order chi connectivity index (χ1) is 30.0. The molecule has 0 aliphatic rings. The van der Waals surface area contributed by atoms with Crippen molar-refractivity contribution in [2.24, 2.45) is 0 Å². The van der Waals surface area contributed by atoms with Crippen molar-refractivity contribution in [2.45, 2.75) is 90.9 Å². The summed E-state index contributed by atoms with van der Waals surface area (Å²) in [6.07, 6.45) is 5.61. The highest BCUT2D eigenvalue weighted by Gasteiger charge is 2.32. The van der Waals surface area contributed by atoms with E-state index in [2.05, 4.69) is 230 Å². The van der Waals surface area contributed by atoms with Crippen LogP contribution < -0.4 is 9.42 Å². The van der Waals surface area contributed by atoms with Gasteiger partial charge in [0.05, 0.1) is 22.4 Å². The van der Waals surface area contributed by atoms with Crippen LogP contribution >= 0.6 is 0 Å². The van der Waals surface area contributed by atoms with E-state index in [1.54, 1.807) is 0 Å². The maximum Gasteiger partial charge on any atom is 0.273 e. The van der Waals surface area contributed by atoms with E-state index in [4.69, 9.17) is 14.8 Å². The monoisotopic (exact) mass is 827 g/mol. The van der Waals surface area contributed by atoms with Gasteiger partial charge in [0.1, 0.15) is 17.3 Å². The lowest BCUT2D eigenvalue weighted by Crippen LogP contribution is -2.35. The van der Waals surface area contributed by atoms with Gasteiger partial charge in [-0.3, -0.25) is 9.13 Å². The number of hydrogen-bond acceptors (Lipinski definition) is 3. The van der Waals surface area contributed by atoms with E-state index in [0.717, 1.165) is 56.1 Å². The van der Waals surface area contributed by atoms with Gasteiger partial charge in [0, 0.05) is 33.9 Å². The van der Waals surface area contributed by atoms with Crippen molar-refractivity contribution >= 4 is 21.8 Å². The predicted octanol–water partition coefficient (Wildman–Crippen LogP) is 13.5. The average molecular weight is 828 g/mol. The van der Waals surface area contributed by atoms with Crippen LogP contribution in [0.4, 0.5) is 0 Å². The SMILES string of the molecule is CC(C)(C)c1cc(-[n+]2[c-]n(-c3cccc(Oc4ccc5c6ccccc6n(-c6cc(C(C)(C)c7ccccc7)ccn6)c5c4)c3)c(C(C)(C)c3ccccc3)n2)cc(C(C)(C)C)c1. The van der Waals surface area contributed by atoms with Gasteiger partial charge < -0.3 is 4.74 Å². The molecule has 63 heavy (non-hydrogen) atoms. The van der Waals surface area contributed by atoms with E-state index in [-0.39, 0.29) is 16.2 Å². The summed E-state index contributed by atoms with van der Waals surface area (Å²) in [5.74, 6) is 3.16. The first-order valence-corrected chi connectivity index (χ1v) is 22.0. The van der Waals surface area contributed by atoms with Crippen molar-refractivity contribution in [1.29, 1.82) is 0 Å². The summed E-state index contributed by atoms with van der Waals surface area (Å²) in [6.45, 7) is 22.6. The fourth-order valence-corrected chi connectivity index (χ4v) is 8.62. The number of hydrogen-bond donors (Lipinski definition) is 0. The number of fused-ring (bicyclic) bond motifs is 3. The Kier molecular flexibility index (Phi) is 10.2. The lowest BCUT2D eigenvalue weighted by molar-refractivity contribution is -0.662. The van der Waals surface area contributed by atoms with Crippen LogP contribution in [0.2, 0.25) is 0 Å². The number of nitrogens with zero attached hydrogens (tertiary/aromatic N) is 5. The minimum atomic E-state index is -0.464. The first kappa shape index (κ1) is 41.6. The van der Waals surface area contributed by atoms with Crippen LogP contribution in [0.15, 0.2) is 164 Å². The second-order valence-corrected chi connectivity index (χ2v) is 20.0. The zero-order valence-corrected chi connectivity index (χ0v) is 38.2. The molecule has 6 aromatic carbocycles. The molecule has 9 aromatic rings. The molecule has 6 nitrogen and oxygen atoms in total. The largest absolute Gasteiger partial charge is 0.458 e. The fraction of sp³-hybridized carbons (Fsp3) is 0.246. The van der Waals surface area contributed by atoms with Gasteiger partial charge in [-0.1, -0.05) is 178 Å². The standard InChI is InChI=1S/C57H57N5O/c1-54(2,3)42-32-43(55(4,5)6)34-45(33-42)61-38-60(53(59-61)57(9,10)40-22-15-12-16-23-40)44-24-19-25-46(36-44)63-47-28-29-49-48-26-17-18-27-50(48)62(51(49)37-47)52-35-41(30-31-58-52)56(7,8)39-20-13-11-14-21-39/h11-37H,1-10H3. The zero-order valence-electron chi connectivity index (χ0n) is 38.2. The van der Waals surface area contributed by atoms with Gasteiger partial charge in [0.2, 0.25) is 0 Å². The van der Waals surface area contributed by atoms with Crippen molar-refractivity contribution in [1.82, 2.24) is 19.2 Å². The normalized spacial score (nSPS) is 12.6. The maximum atomic E-state index is 6.79. The summed E-state index contributed by atoms with van der Waals surface area (Å²) >= 11 is 0. The van der Waals surface area contributed by atoms with Crippen molar-refractivity contribution in [3.8, 4) is 28.7 Å². The average Bonchev–Trinajstić information content (AvgIpc) is 3.87. The molecule has 0 aliphatic carbocycles. The lowest BCUT2D eigenvalue weighted by Gasteiger charge is -2.26. The molecule has 0 radical (unpaired) electrons. The van der Waals surface area contributed by atoms with Gasteiger partial charge in [0.25, 0.3) is 6.33 Å². The summed E-state index contributed by atoms with van der Waals surface area (Å²) in [4.78, 5) is 4.96. The van der Waals surface area contributed by atoms with E-state index in [1.165, 1.54) is 22.3 Å². The number of pyridine rings is 1. The third kappa shape index (κ3) is 7.84. The summed E-state index contributed by atoms with van der Waals surface area (Å²) in [5.41, 5.74) is 9.35. The van der Waals surface area contributed by atoms with Gasteiger partial charge in [-0.15, -0.1) is 5.10 Å². The Morgan fingerprint density at radius 2 is 1.10 bits per heavy atom. The van der Waals surface area contributed by atoms with E-state index < -0.39 is 5.41 Å². The molecule has 316 valence electrons. The Morgan fingerprint density at radius 1 is 0.492 bits per heavy atom. The number of aromatic nitrogens is 5. The number of para-hydroxylation sites is 1. The Bertz CT molecular complexity index is 3070. The van der Waals surface area contributed by atoms with Gasteiger partial charge in [-0.2, -0.15) is 4.68 Å². The van der Waals surface area contributed by atoms with Crippen molar-refractivity contribution in [2.75, 3.05) is 0 Å². The number of benzene rings is 6. The van der Waals surface area contributed by atoms with Crippen LogP contribution in [0.5, 0.6) is 11.5 Å². The summed E-state index contributed by atoms with van der Waals surface area (Å²) in [6, 6.07) is 55.6. The van der Waals surface area contributed by atoms with Crippen molar-refractivity contribution in [3.63, 3.8) is 0 Å². The molecule has 0 unspecified atom stereocenters. The maximum absolute atomic E-state index is 6.79. The van der Waals surface area contributed by atoms with Gasteiger partial charge in [-0.05, 0) is 81.1 Å². The molecule has 0 amide bonds. The molecule has 0 saturated carbocycles. The quantitative estimate of drug-likeness (QED) is 0.108. The Labute approximate surface area is 372 Å². The molecule has 0 spiro atoms. The van der Waals surface area contributed by atoms with E-state index in [0.29, 0.717) is 5.75 Å². The van der Waals surface area contributed by atoms with Gasteiger partial charge >= 0.3 is 0 Å². The topological polar surface area (TPSA) is 48.8 Å². The van der Waals surface area contributed by atoms with Crippen molar-refractivity contribution in [3.05, 3.63) is 204 Å².